The highest BCUT2D eigenvalue weighted by atomic mass is 35.5. The van der Waals surface area contributed by atoms with Gasteiger partial charge in [-0.25, -0.2) is 4.79 Å². The van der Waals surface area contributed by atoms with E-state index in [1.54, 1.807) is 6.92 Å². The zero-order chi connectivity index (χ0) is 17.2. The van der Waals surface area contributed by atoms with Crippen molar-refractivity contribution in [3.05, 3.63) is 22.7 Å². The van der Waals surface area contributed by atoms with Crippen LogP contribution in [0.25, 0.3) is 0 Å². The lowest BCUT2D eigenvalue weighted by Gasteiger charge is -2.14. The van der Waals surface area contributed by atoms with Crippen LogP contribution in [-0.2, 0) is 9.53 Å². The molecule has 0 aliphatic rings. The average Bonchev–Trinajstić information content (AvgIpc) is 2.52. The molecule has 0 aromatic heterocycles. The van der Waals surface area contributed by atoms with Crippen LogP contribution in [0.15, 0.2) is 12.1 Å². The normalized spacial score (nSPS) is 10.1. The van der Waals surface area contributed by atoms with Crippen LogP contribution in [0.2, 0.25) is 5.02 Å². The van der Waals surface area contributed by atoms with Gasteiger partial charge in [0.2, 0.25) is 0 Å². The van der Waals surface area contributed by atoms with E-state index >= 15 is 0 Å². The Balaban J connectivity index is 2.90. The molecule has 0 aliphatic heterocycles. The summed E-state index contributed by atoms with van der Waals surface area (Å²) in [6, 6.07) is 2.94. The van der Waals surface area contributed by atoms with E-state index in [9.17, 15) is 9.59 Å². The molecule has 0 spiro atoms. The Kier molecular flexibility index (Phi) is 8.26. The molecule has 0 radical (unpaired) electrons. The predicted octanol–water partition coefficient (Wildman–Crippen LogP) is 2.82. The molecular formula is C16H22ClNO5. The smallest absolute Gasteiger partial charge is 0.338 e. The zero-order valence-corrected chi connectivity index (χ0v) is 14.4. The largest absolute Gasteiger partial charge is 0.490 e. The van der Waals surface area contributed by atoms with Gasteiger partial charge < -0.3 is 19.5 Å². The Hall–Kier alpha value is -1.95. The third kappa shape index (κ3) is 5.98. The molecule has 1 aromatic rings. The van der Waals surface area contributed by atoms with Gasteiger partial charge in [0.1, 0.15) is 0 Å². The highest BCUT2D eigenvalue weighted by molar-refractivity contribution is 6.32. The number of amides is 1. The Morgan fingerprint density at radius 1 is 1.17 bits per heavy atom. The number of esters is 1. The summed E-state index contributed by atoms with van der Waals surface area (Å²) in [4.78, 5) is 23.4. The molecule has 0 fully saturated rings. The van der Waals surface area contributed by atoms with Crippen LogP contribution in [0.3, 0.4) is 0 Å². The number of hydrogen-bond acceptors (Lipinski definition) is 5. The number of ether oxygens (including phenoxy) is 3. The van der Waals surface area contributed by atoms with Crippen LogP contribution in [0.4, 0.5) is 0 Å². The summed E-state index contributed by atoms with van der Waals surface area (Å²) in [5.41, 5.74) is 0.201. The van der Waals surface area contributed by atoms with Gasteiger partial charge in [0.25, 0.3) is 5.91 Å². The fourth-order valence-electron chi connectivity index (χ4n) is 1.76. The standard InChI is InChI=1S/C16H22ClNO5/c1-4-7-22-15-12(17)8-11(9-13(15)21-6-3)16(20)23-10-14(19)18-5-2/h8-9H,4-7,10H2,1-3H3,(H,18,19). The van der Waals surface area contributed by atoms with Crippen molar-refractivity contribution in [1.82, 2.24) is 5.32 Å². The van der Waals surface area contributed by atoms with Gasteiger partial charge in [0.05, 0.1) is 23.8 Å². The molecule has 1 N–H and O–H groups in total. The van der Waals surface area contributed by atoms with Crippen LogP contribution in [0, 0.1) is 0 Å². The monoisotopic (exact) mass is 343 g/mol. The van der Waals surface area contributed by atoms with E-state index in [-0.39, 0.29) is 23.1 Å². The summed E-state index contributed by atoms with van der Waals surface area (Å²) in [5.74, 6) is -0.241. The Morgan fingerprint density at radius 2 is 1.91 bits per heavy atom. The lowest BCUT2D eigenvalue weighted by molar-refractivity contribution is -0.124. The van der Waals surface area contributed by atoms with Crippen molar-refractivity contribution in [3.8, 4) is 11.5 Å². The van der Waals surface area contributed by atoms with Gasteiger partial charge in [-0.15, -0.1) is 0 Å². The highest BCUT2D eigenvalue weighted by Crippen LogP contribution is 2.37. The lowest BCUT2D eigenvalue weighted by atomic mass is 10.2. The minimum absolute atomic E-state index is 0.201. The Labute approximate surface area is 141 Å². The van der Waals surface area contributed by atoms with E-state index in [0.717, 1.165) is 6.42 Å². The second kappa shape index (κ2) is 9.94. The Bertz CT molecular complexity index is 548. The summed E-state index contributed by atoms with van der Waals surface area (Å²) < 4.78 is 16.0. The molecule has 1 amide bonds. The van der Waals surface area contributed by atoms with E-state index in [2.05, 4.69) is 5.32 Å². The third-order valence-electron chi connectivity index (χ3n) is 2.70. The molecule has 0 aliphatic carbocycles. The topological polar surface area (TPSA) is 73.9 Å². The van der Waals surface area contributed by atoms with Gasteiger partial charge in [-0.05, 0) is 32.4 Å². The minimum Gasteiger partial charge on any atom is -0.490 e. The van der Waals surface area contributed by atoms with Crippen LogP contribution in [-0.4, -0.2) is 38.2 Å². The number of benzene rings is 1. The van der Waals surface area contributed by atoms with Crippen molar-refractivity contribution < 1.29 is 23.8 Å². The van der Waals surface area contributed by atoms with E-state index in [0.29, 0.717) is 31.3 Å². The zero-order valence-electron chi connectivity index (χ0n) is 13.6. The van der Waals surface area contributed by atoms with Crippen LogP contribution in [0.1, 0.15) is 37.6 Å². The predicted molar refractivity (Wildman–Crippen MR) is 87.4 cm³/mol. The van der Waals surface area contributed by atoms with Crippen LogP contribution in [0.5, 0.6) is 11.5 Å². The van der Waals surface area contributed by atoms with E-state index in [1.165, 1.54) is 12.1 Å². The van der Waals surface area contributed by atoms with Crippen LogP contribution >= 0.6 is 11.6 Å². The van der Waals surface area contributed by atoms with Gasteiger partial charge in [0, 0.05) is 6.54 Å². The van der Waals surface area contributed by atoms with Gasteiger partial charge in [-0.1, -0.05) is 18.5 Å². The second-order valence-corrected chi connectivity index (χ2v) is 5.00. The first-order chi connectivity index (χ1) is 11.0. The molecule has 7 heteroatoms. The quantitative estimate of drug-likeness (QED) is 0.698. The summed E-state index contributed by atoms with van der Waals surface area (Å²) in [6.07, 6.45) is 0.818. The Morgan fingerprint density at radius 3 is 2.52 bits per heavy atom. The molecule has 0 saturated carbocycles. The van der Waals surface area contributed by atoms with Gasteiger partial charge >= 0.3 is 5.97 Å². The molecule has 0 bridgehead atoms. The summed E-state index contributed by atoms with van der Waals surface area (Å²) in [5, 5.41) is 2.80. The summed E-state index contributed by atoms with van der Waals surface area (Å²) in [6.45, 7) is 6.58. The number of likely N-dealkylation sites (N-methyl/N-ethyl adjacent to an activating group) is 1. The summed E-state index contributed by atoms with van der Waals surface area (Å²) >= 11 is 6.17. The average molecular weight is 344 g/mol. The lowest BCUT2D eigenvalue weighted by Crippen LogP contribution is -2.28. The van der Waals surface area contributed by atoms with Crippen molar-refractivity contribution in [2.75, 3.05) is 26.4 Å². The maximum absolute atomic E-state index is 12.0. The number of rotatable bonds is 9. The van der Waals surface area contributed by atoms with Gasteiger partial charge in [-0.3, -0.25) is 4.79 Å². The molecule has 128 valence electrons. The number of halogens is 1. The number of hydrogen-bond donors (Lipinski definition) is 1. The molecule has 1 rings (SSSR count). The molecule has 0 saturated heterocycles. The van der Waals surface area contributed by atoms with E-state index in [1.807, 2.05) is 13.8 Å². The maximum Gasteiger partial charge on any atom is 0.338 e. The van der Waals surface area contributed by atoms with Crippen molar-refractivity contribution in [3.63, 3.8) is 0 Å². The molecule has 0 heterocycles. The van der Waals surface area contributed by atoms with Crippen LogP contribution < -0.4 is 14.8 Å². The second-order valence-electron chi connectivity index (χ2n) is 4.60. The number of nitrogens with one attached hydrogen (secondary N) is 1. The van der Waals surface area contributed by atoms with Crippen molar-refractivity contribution in [1.29, 1.82) is 0 Å². The first kappa shape index (κ1) is 19.1. The first-order valence-electron chi connectivity index (χ1n) is 7.56. The fraction of sp³-hybridized carbons (Fsp3) is 0.500. The van der Waals surface area contributed by atoms with E-state index in [4.69, 9.17) is 25.8 Å². The van der Waals surface area contributed by atoms with Gasteiger partial charge in [-0.2, -0.15) is 0 Å². The van der Waals surface area contributed by atoms with Crippen molar-refractivity contribution >= 4 is 23.5 Å². The van der Waals surface area contributed by atoms with Crippen molar-refractivity contribution in [2.24, 2.45) is 0 Å². The molecule has 1 aromatic carbocycles. The van der Waals surface area contributed by atoms with Crippen molar-refractivity contribution in [2.45, 2.75) is 27.2 Å². The summed E-state index contributed by atoms with van der Waals surface area (Å²) in [7, 11) is 0. The molecule has 6 nitrogen and oxygen atoms in total. The number of carbonyl (C=O) groups is 2. The molecule has 23 heavy (non-hydrogen) atoms. The highest BCUT2D eigenvalue weighted by Gasteiger charge is 2.18. The van der Waals surface area contributed by atoms with Gasteiger partial charge in [0.15, 0.2) is 18.1 Å². The maximum atomic E-state index is 12.0. The SMILES string of the molecule is CCCOc1c(Cl)cc(C(=O)OCC(=O)NCC)cc1OCC. The minimum atomic E-state index is -0.652. The molecule has 0 atom stereocenters. The fourth-order valence-corrected chi connectivity index (χ4v) is 2.02. The first-order valence-corrected chi connectivity index (χ1v) is 7.94. The van der Waals surface area contributed by atoms with E-state index < -0.39 is 5.97 Å². The molecule has 0 unspecified atom stereocenters. The number of carbonyl (C=O) groups excluding carboxylic acids is 2. The third-order valence-corrected chi connectivity index (χ3v) is 2.98. The molecular weight excluding hydrogens is 322 g/mol.